The van der Waals surface area contributed by atoms with Gasteiger partial charge >= 0.3 is 0 Å². The van der Waals surface area contributed by atoms with Gasteiger partial charge in [-0.25, -0.2) is 15.0 Å². The first-order chi connectivity index (χ1) is 23.6. The van der Waals surface area contributed by atoms with Crippen molar-refractivity contribution >= 4 is 0 Å². The zero-order valence-electron chi connectivity index (χ0n) is 26.9. The van der Waals surface area contributed by atoms with Crippen LogP contribution < -0.4 is 0 Å². The van der Waals surface area contributed by atoms with E-state index in [9.17, 15) is 5.26 Å². The van der Waals surface area contributed by atoms with E-state index in [4.69, 9.17) is 15.0 Å². The Labute approximate surface area is 282 Å². The lowest BCUT2D eigenvalue weighted by atomic mass is 9.48. The van der Waals surface area contributed by atoms with Gasteiger partial charge in [-0.05, 0) is 108 Å². The van der Waals surface area contributed by atoms with Gasteiger partial charge < -0.3 is 0 Å². The molecule has 0 amide bonds. The van der Waals surface area contributed by atoms with Crippen molar-refractivity contribution in [1.29, 1.82) is 5.26 Å². The summed E-state index contributed by atoms with van der Waals surface area (Å²) in [7, 11) is 0. The molecule has 48 heavy (non-hydrogen) atoms. The fraction of sp³-hybridized carbons (Fsp3) is 0.227. The molecule has 0 aliphatic heterocycles. The summed E-state index contributed by atoms with van der Waals surface area (Å²) < 4.78 is 0. The second-order valence-corrected chi connectivity index (χ2v) is 14.2. The summed E-state index contributed by atoms with van der Waals surface area (Å²) in [6.45, 7) is 0. The fourth-order valence-corrected chi connectivity index (χ4v) is 9.40. The van der Waals surface area contributed by atoms with E-state index in [1.54, 1.807) is 0 Å². The highest BCUT2D eigenvalue weighted by Crippen LogP contribution is 2.60. The van der Waals surface area contributed by atoms with Crippen LogP contribution >= 0.6 is 0 Å². The van der Waals surface area contributed by atoms with Gasteiger partial charge in [0.15, 0.2) is 17.5 Å². The number of hydrogen-bond donors (Lipinski definition) is 0. The zero-order valence-corrected chi connectivity index (χ0v) is 26.9. The molecule has 4 bridgehead atoms. The van der Waals surface area contributed by atoms with Crippen LogP contribution in [0.3, 0.4) is 0 Å². The Hall–Kier alpha value is -5.40. The molecule has 0 saturated heterocycles. The van der Waals surface area contributed by atoms with E-state index in [0.717, 1.165) is 51.1 Å². The Bertz CT molecular complexity index is 2070. The van der Waals surface area contributed by atoms with Crippen LogP contribution in [-0.4, -0.2) is 15.0 Å². The molecule has 1 aromatic heterocycles. The number of rotatable bonds is 6. The van der Waals surface area contributed by atoms with Gasteiger partial charge in [-0.3, -0.25) is 0 Å². The minimum atomic E-state index is 0.368. The monoisotopic (exact) mass is 620 g/mol. The van der Waals surface area contributed by atoms with Crippen molar-refractivity contribution in [3.8, 4) is 62.5 Å². The molecule has 5 aromatic carbocycles. The van der Waals surface area contributed by atoms with Gasteiger partial charge in [0.1, 0.15) is 0 Å². The number of hydrogen-bond acceptors (Lipinski definition) is 4. The molecule has 232 valence electrons. The lowest BCUT2D eigenvalue weighted by molar-refractivity contribution is -0.00518. The Morgan fingerprint density at radius 3 is 1.56 bits per heavy atom. The molecule has 4 aliphatic carbocycles. The molecule has 6 aromatic rings. The zero-order chi connectivity index (χ0) is 32.1. The third kappa shape index (κ3) is 5.11. The Balaban J connectivity index is 1.16. The SMILES string of the molecule is N#Cc1ccc(-c2nc(-c3ccccc3)nc(-c3ccccc3)n2)c(-c2ccccc2-c2ccc(C34CC5CC(CC(C5)C3)C4)cc2)c1. The van der Waals surface area contributed by atoms with Crippen LogP contribution in [0.1, 0.15) is 49.7 Å². The van der Waals surface area contributed by atoms with E-state index < -0.39 is 0 Å². The smallest absolute Gasteiger partial charge is 0.164 e. The van der Waals surface area contributed by atoms with Gasteiger partial charge in [0, 0.05) is 16.7 Å². The third-order valence-electron chi connectivity index (χ3n) is 11.2. The van der Waals surface area contributed by atoms with E-state index in [1.165, 1.54) is 49.7 Å². The standard InChI is InChI=1S/C44H36N4/c45-28-29-15-20-39(43-47-41(34-9-3-1-4-10-34)46-42(48-43)35-11-5-2-6-12-35)40(24-29)38-14-8-7-13-37(38)33-16-18-36(19-17-33)44-25-30-21-31(26-44)23-32(22-30)27-44/h1-20,24,30-32H,21-23,25-27H2. The molecule has 10 rings (SSSR count). The van der Waals surface area contributed by atoms with Gasteiger partial charge in [0.05, 0.1) is 11.6 Å². The van der Waals surface area contributed by atoms with Crippen molar-refractivity contribution < 1.29 is 0 Å². The summed E-state index contributed by atoms with van der Waals surface area (Å²) in [4.78, 5) is 15.0. The lowest BCUT2D eigenvalue weighted by Gasteiger charge is -2.57. The molecule has 4 aliphatic rings. The highest BCUT2D eigenvalue weighted by molar-refractivity contribution is 5.91. The van der Waals surface area contributed by atoms with Gasteiger partial charge in [-0.2, -0.15) is 5.26 Å². The minimum absolute atomic E-state index is 0.368. The van der Waals surface area contributed by atoms with Crippen LogP contribution in [0.2, 0.25) is 0 Å². The Kier molecular flexibility index (Phi) is 7.01. The molecule has 4 nitrogen and oxygen atoms in total. The number of benzene rings is 5. The quantitative estimate of drug-likeness (QED) is 0.186. The Morgan fingerprint density at radius 1 is 0.479 bits per heavy atom. The summed E-state index contributed by atoms with van der Waals surface area (Å²) in [6.07, 6.45) is 8.45. The molecule has 0 spiro atoms. The average Bonchev–Trinajstić information content (AvgIpc) is 3.14. The third-order valence-corrected chi connectivity index (χ3v) is 11.2. The van der Waals surface area contributed by atoms with E-state index in [0.29, 0.717) is 28.5 Å². The van der Waals surface area contributed by atoms with Crippen molar-refractivity contribution in [3.63, 3.8) is 0 Å². The average molecular weight is 621 g/mol. The second-order valence-electron chi connectivity index (χ2n) is 14.2. The van der Waals surface area contributed by atoms with E-state index in [-0.39, 0.29) is 0 Å². The number of nitrogens with zero attached hydrogens (tertiary/aromatic N) is 4. The van der Waals surface area contributed by atoms with Crippen LogP contribution in [0.4, 0.5) is 0 Å². The van der Waals surface area contributed by atoms with Gasteiger partial charge in [-0.15, -0.1) is 0 Å². The summed E-state index contributed by atoms with van der Waals surface area (Å²) in [6, 6.07) is 46.3. The van der Waals surface area contributed by atoms with E-state index in [2.05, 4.69) is 54.6 Å². The largest absolute Gasteiger partial charge is 0.208 e. The van der Waals surface area contributed by atoms with Crippen LogP contribution in [-0.2, 0) is 5.41 Å². The van der Waals surface area contributed by atoms with Crippen molar-refractivity contribution in [3.05, 3.63) is 139 Å². The van der Waals surface area contributed by atoms with Crippen LogP contribution in [0.5, 0.6) is 0 Å². The van der Waals surface area contributed by atoms with Gasteiger partial charge in [0.25, 0.3) is 0 Å². The lowest BCUT2D eigenvalue weighted by Crippen LogP contribution is -2.48. The highest BCUT2D eigenvalue weighted by Gasteiger charge is 2.51. The first-order valence-electron chi connectivity index (χ1n) is 17.3. The molecule has 0 N–H and O–H groups in total. The molecule has 4 saturated carbocycles. The molecule has 0 atom stereocenters. The summed E-state index contributed by atoms with van der Waals surface area (Å²) in [5.41, 5.74) is 9.50. The van der Waals surface area contributed by atoms with Crippen LogP contribution in [0, 0.1) is 29.1 Å². The summed E-state index contributed by atoms with van der Waals surface area (Å²) >= 11 is 0. The van der Waals surface area contributed by atoms with Crippen molar-refractivity contribution in [2.75, 3.05) is 0 Å². The number of aromatic nitrogens is 3. The van der Waals surface area contributed by atoms with E-state index in [1.807, 2.05) is 78.9 Å². The molecular weight excluding hydrogens is 585 g/mol. The Morgan fingerprint density at radius 2 is 1.00 bits per heavy atom. The first kappa shape index (κ1) is 28.8. The minimum Gasteiger partial charge on any atom is -0.208 e. The molecular formula is C44H36N4. The maximum Gasteiger partial charge on any atom is 0.164 e. The van der Waals surface area contributed by atoms with Crippen molar-refractivity contribution in [1.82, 2.24) is 15.0 Å². The van der Waals surface area contributed by atoms with Gasteiger partial charge in [-0.1, -0.05) is 109 Å². The molecule has 4 heteroatoms. The highest BCUT2D eigenvalue weighted by atomic mass is 15.0. The topological polar surface area (TPSA) is 62.5 Å². The van der Waals surface area contributed by atoms with E-state index >= 15 is 0 Å². The van der Waals surface area contributed by atoms with Crippen LogP contribution in [0.15, 0.2) is 127 Å². The predicted octanol–water partition coefficient (Wildman–Crippen LogP) is 10.5. The second kappa shape index (κ2) is 11.7. The van der Waals surface area contributed by atoms with Crippen molar-refractivity contribution in [2.24, 2.45) is 17.8 Å². The molecule has 0 unspecified atom stereocenters. The molecule has 4 fully saturated rings. The van der Waals surface area contributed by atoms with Gasteiger partial charge in [0.2, 0.25) is 0 Å². The predicted molar refractivity (Wildman–Crippen MR) is 192 cm³/mol. The maximum atomic E-state index is 10.00. The van der Waals surface area contributed by atoms with Crippen LogP contribution in [0.25, 0.3) is 56.4 Å². The normalized spacial score (nSPS) is 22.4. The summed E-state index contributed by atoms with van der Waals surface area (Å²) in [5.74, 6) is 4.56. The first-order valence-corrected chi connectivity index (χ1v) is 17.3. The maximum absolute atomic E-state index is 10.00. The van der Waals surface area contributed by atoms with Crippen molar-refractivity contribution in [2.45, 2.75) is 43.9 Å². The molecule has 0 radical (unpaired) electrons. The fourth-order valence-electron chi connectivity index (χ4n) is 9.40. The number of nitriles is 1. The summed E-state index contributed by atoms with van der Waals surface area (Å²) in [5, 5.41) is 10.00. The molecule has 1 heterocycles.